The maximum Gasteiger partial charge on any atom is 0.335 e. The number of ether oxygens (including phenoxy) is 1. The Hall–Kier alpha value is -1.51. The molecule has 0 saturated carbocycles. The van der Waals surface area contributed by atoms with Crippen LogP contribution < -0.4 is 0 Å². The average molecular weight is 207 g/mol. The van der Waals surface area contributed by atoms with Gasteiger partial charge < -0.3 is 9.64 Å². The number of esters is 1. The summed E-state index contributed by atoms with van der Waals surface area (Å²) in [4.78, 5) is 13.3. The highest BCUT2D eigenvalue weighted by Gasteiger charge is 2.12. The van der Waals surface area contributed by atoms with Crippen molar-refractivity contribution in [3.63, 3.8) is 0 Å². The number of carbonyl (C=O) groups excluding carboxylic acids is 1. The Morgan fingerprint density at radius 3 is 3.00 bits per heavy atom. The Morgan fingerprint density at radius 1 is 1.67 bits per heavy atom. The maximum absolute atomic E-state index is 11.3. The minimum atomic E-state index is -0.250. The smallest absolute Gasteiger partial charge is 0.335 e. The van der Waals surface area contributed by atoms with Gasteiger partial charge in [0.15, 0.2) is 0 Å². The molecule has 0 spiro atoms. The van der Waals surface area contributed by atoms with Crippen molar-refractivity contribution >= 4 is 5.97 Å². The molecule has 0 N–H and O–H groups in total. The fourth-order valence-corrected chi connectivity index (χ4v) is 1.34. The molecule has 0 unspecified atom stereocenters. The highest BCUT2D eigenvalue weighted by Crippen LogP contribution is 2.14. The molecule has 0 aromatic carbocycles. The second-order valence-electron chi connectivity index (χ2n) is 3.68. The first-order chi connectivity index (χ1) is 7.13. The second-order valence-corrected chi connectivity index (χ2v) is 3.68. The van der Waals surface area contributed by atoms with E-state index >= 15 is 0 Å². The van der Waals surface area contributed by atoms with Crippen molar-refractivity contribution in [2.75, 3.05) is 13.7 Å². The number of methoxy groups -OCH3 is 1. The van der Waals surface area contributed by atoms with Crippen LogP contribution in [0.2, 0.25) is 0 Å². The normalized spacial score (nSPS) is 14.8. The Morgan fingerprint density at radius 2 is 2.40 bits per heavy atom. The van der Waals surface area contributed by atoms with Crippen LogP contribution in [0, 0.1) is 0 Å². The first-order valence-corrected chi connectivity index (χ1v) is 4.99. The summed E-state index contributed by atoms with van der Waals surface area (Å²) in [5.41, 5.74) is 1.84. The van der Waals surface area contributed by atoms with Gasteiger partial charge in [-0.25, -0.2) is 4.79 Å². The molecule has 15 heavy (non-hydrogen) atoms. The predicted octanol–water partition coefficient (Wildman–Crippen LogP) is 2.23. The number of nitrogens with zero attached hydrogens (tertiary/aromatic N) is 1. The SMILES string of the molecule is C=C(C)CCN1C=CCC(C(=O)OC)=C1. The average Bonchev–Trinajstić information content (AvgIpc) is 2.25. The van der Waals surface area contributed by atoms with Gasteiger partial charge >= 0.3 is 5.97 Å². The molecule has 0 amide bonds. The molecule has 0 aromatic heterocycles. The van der Waals surface area contributed by atoms with E-state index in [0.29, 0.717) is 12.0 Å². The van der Waals surface area contributed by atoms with Crippen molar-refractivity contribution < 1.29 is 9.53 Å². The lowest BCUT2D eigenvalue weighted by atomic mass is 10.1. The standard InChI is InChI=1S/C12H17NO2/c1-10(2)6-8-13-7-4-5-11(9-13)12(14)15-3/h4,7,9H,1,5-6,8H2,2-3H3. The first kappa shape index (κ1) is 11.6. The highest BCUT2D eigenvalue weighted by molar-refractivity contribution is 5.88. The zero-order valence-electron chi connectivity index (χ0n) is 9.32. The van der Waals surface area contributed by atoms with Gasteiger partial charge in [0.2, 0.25) is 0 Å². The van der Waals surface area contributed by atoms with E-state index in [2.05, 4.69) is 11.3 Å². The van der Waals surface area contributed by atoms with Gasteiger partial charge in [-0.15, -0.1) is 6.58 Å². The predicted molar refractivity (Wildman–Crippen MR) is 60.0 cm³/mol. The third-order valence-corrected chi connectivity index (χ3v) is 2.20. The minimum absolute atomic E-state index is 0.250. The number of carbonyl (C=O) groups is 1. The monoisotopic (exact) mass is 207 g/mol. The van der Waals surface area contributed by atoms with Crippen LogP contribution in [0.4, 0.5) is 0 Å². The third kappa shape index (κ3) is 3.62. The van der Waals surface area contributed by atoms with Crippen LogP contribution in [0.3, 0.4) is 0 Å². The van der Waals surface area contributed by atoms with E-state index < -0.39 is 0 Å². The van der Waals surface area contributed by atoms with Crippen molar-refractivity contribution in [1.82, 2.24) is 4.90 Å². The number of hydrogen-bond acceptors (Lipinski definition) is 3. The van der Waals surface area contributed by atoms with Crippen LogP contribution in [0.15, 0.2) is 36.2 Å². The van der Waals surface area contributed by atoms with Crippen molar-refractivity contribution in [3.05, 3.63) is 36.2 Å². The van der Waals surface area contributed by atoms with Gasteiger partial charge in [-0.1, -0.05) is 11.6 Å². The molecule has 1 heterocycles. The summed E-state index contributed by atoms with van der Waals surface area (Å²) in [6.45, 7) is 6.70. The Balaban J connectivity index is 2.55. The zero-order valence-corrected chi connectivity index (χ0v) is 9.32. The van der Waals surface area contributed by atoms with Crippen LogP contribution in [0.25, 0.3) is 0 Å². The summed E-state index contributed by atoms with van der Waals surface area (Å²) < 4.78 is 4.68. The maximum atomic E-state index is 11.3. The van der Waals surface area contributed by atoms with E-state index in [0.717, 1.165) is 18.5 Å². The van der Waals surface area contributed by atoms with Crippen LogP contribution in [0.1, 0.15) is 19.8 Å². The first-order valence-electron chi connectivity index (χ1n) is 4.99. The lowest BCUT2D eigenvalue weighted by molar-refractivity contribution is -0.136. The van der Waals surface area contributed by atoms with Crippen LogP contribution in [-0.2, 0) is 9.53 Å². The van der Waals surface area contributed by atoms with Gasteiger partial charge in [-0.2, -0.15) is 0 Å². The summed E-state index contributed by atoms with van der Waals surface area (Å²) in [5.74, 6) is -0.250. The summed E-state index contributed by atoms with van der Waals surface area (Å²) in [6.07, 6.45) is 7.36. The lowest BCUT2D eigenvalue weighted by Crippen LogP contribution is -2.18. The molecule has 1 rings (SSSR count). The van der Waals surface area contributed by atoms with Crippen LogP contribution in [-0.4, -0.2) is 24.5 Å². The van der Waals surface area contributed by atoms with Crippen molar-refractivity contribution in [1.29, 1.82) is 0 Å². The fourth-order valence-electron chi connectivity index (χ4n) is 1.34. The van der Waals surface area contributed by atoms with Gasteiger partial charge in [-0.05, 0) is 19.5 Å². The summed E-state index contributed by atoms with van der Waals surface area (Å²) in [6, 6.07) is 0. The molecule has 0 radical (unpaired) electrons. The minimum Gasteiger partial charge on any atom is -0.466 e. The van der Waals surface area contributed by atoms with Crippen molar-refractivity contribution in [2.24, 2.45) is 0 Å². The summed E-state index contributed by atoms with van der Waals surface area (Å²) >= 11 is 0. The molecular formula is C12H17NO2. The number of hydrogen-bond donors (Lipinski definition) is 0. The topological polar surface area (TPSA) is 29.5 Å². The molecule has 3 heteroatoms. The van der Waals surface area contributed by atoms with Crippen LogP contribution in [0.5, 0.6) is 0 Å². The van der Waals surface area contributed by atoms with Crippen LogP contribution >= 0.6 is 0 Å². The van der Waals surface area contributed by atoms with Gasteiger partial charge in [-0.3, -0.25) is 0 Å². The van der Waals surface area contributed by atoms with Gasteiger partial charge in [0.25, 0.3) is 0 Å². The van der Waals surface area contributed by atoms with Crippen molar-refractivity contribution in [2.45, 2.75) is 19.8 Å². The molecule has 0 fully saturated rings. The Kier molecular flexibility index (Phi) is 4.16. The Bertz CT molecular complexity index is 316. The van der Waals surface area contributed by atoms with Gasteiger partial charge in [0.05, 0.1) is 12.7 Å². The zero-order chi connectivity index (χ0) is 11.3. The molecule has 3 nitrogen and oxygen atoms in total. The van der Waals surface area contributed by atoms with E-state index in [4.69, 9.17) is 0 Å². The summed E-state index contributed by atoms with van der Waals surface area (Å²) in [5, 5.41) is 0. The van der Waals surface area contributed by atoms with E-state index in [1.54, 1.807) is 0 Å². The number of rotatable bonds is 4. The molecule has 82 valence electrons. The molecule has 1 aliphatic rings. The van der Waals surface area contributed by atoms with Crippen molar-refractivity contribution in [3.8, 4) is 0 Å². The van der Waals surface area contributed by atoms with Gasteiger partial charge in [0.1, 0.15) is 0 Å². The molecule has 0 atom stereocenters. The van der Waals surface area contributed by atoms with E-state index in [9.17, 15) is 4.79 Å². The van der Waals surface area contributed by atoms with Gasteiger partial charge in [0, 0.05) is 19.2 Å². The Labute approximate surface area is 90.7 Å². The quantitative estimate of drug-likeness (QED) is 0.523. The molecule has 1 aliphatic heterocycles. The summed E-state index contributed by atoms with van der Waals surface area (Å²) in [7, 11) is 1.40. The van der Waals surface area contributed by atoms with E-state index in [1.807, 2.05) is 30.3 Å². The number of allylic oxidation sites excluding steroid dienone is 1. The highest BCUT2D eigenvalue weighted by atomic mass is 16.5. The lowest BCUT2D eigenvalue weighted by Gasteiger charge is -2.20. The fraction of sp³-hybridized carbons (Fsp3) is 0.417. The molecular weight excluding hydrogens is 190 g/mol. The van der Waals surface area contributed by atoms with E-state index in [-0.39, 0.29) is 5.97 Å². The largest absolute Gasteiger partial charge is 0.466 e. The second kappa shape index (κ2) is 5.39. The molecule has 0 aliphatic carbocycles. The molecule has 0 aromatic rings. The third-order valence-electron chi connectivity index (χ3n) is 2.20. The molecule has 0 saturated heterocycles. The molecule has 0 bridgehead atoms. The van der Waals surface area contributed by atoms with E-state index in [1.165, 1.54) is 7.11 Å².